The Labute approximate surface area is 144 Å². The lowest BCUT2D eigenvalue weighted by atomic mass is 10.0. The summed E-state index contributed by atoms with van der Waals surface area (Å²) in [6, 6.07) is -1.29. The normalized spacial score (nSPS) is 19.1. The Morgan fingerprint density at radius 1 is 1.25 bits per heavy atom. The van der Waals surface area contributed by atoms with Crippen molar-refractivity contribution in [2.45, 2.75) is 71.6 Å². The zero-order valence-corrected chi connectivity index (χ0v) is 15.5. The van der Waals surface area contributed by atoms with Crippen LogP contribution in [0.1, 0.15) is 53.9 Å². The molecule has 2 atom stereocenters. The molecule has 1 heterocycles. The summed E-state index contributed by atoms with van der Waals surface area (Å²) in [5.74, 6) is -0.475. The van der Waals surface area contributed by atoms with Crippen LogP contribution in [-0.4, -0.2) is 54.2 Å². The number of methoxy groups -OCH3 is 1. The van der Waals surface area contributed by atoms with Crippen LogP contribution in [0.4, 0.5) is 4.79 Å². The van der Waals surface area contributed by atoms with Crippen molar-refractivity contribution in [1.29, 1.82) is 0 Å². The number of amides is 2. The first kappa shape index (κ1) is 20.3. The molecular formula is C17H30N2O5. The van der Waals surface area contributed by atoms with E-state index in [1.165, 1.54) is 12.0 Å². The zero-order chi connectivity index (χ0) is 18.5. The van der Waals surface area contributed by atoms with E-state index in [4.69, 9.17) is 9.47 Å². The maximum Gasteiger partial charge on any atom is 0.408 e. The van der Waals surface area contributed by atoms with E-state index in [0.29, 0.717) is 19.4 Å². The SMILES string of the molecule is COC(=O)[C@@H]1CCCN1C(=O)[C@H](CC(C)C)NC(=O)OC(C)(C)C. The van der Waals surface area contributed by atoms with Crippen LogP contribution in [0, 0.1) is 5.92 Å². The second-order valence-corrected chi connectivity index (χ2v) is 7.54. The number of carbonyl (C=O) groups excluding carboxylic acids is 3. The summed E-state index contributed by atoms with van der Waals surface area (Å²) in [7, 11) is 1.31. The van der Waals surface area contributed by atoms with E-state index < -0.39 is 29.7 Å². The number of hydrogen-bond donors (Lipinski definition) is 1. The average Bonchev–Trinajstić information content (AvgIpc) is 2.91. The summed E-state index contributed by atoms with van der Waals surface area (Å²) in [4.78, 5) is 38.3. The van der Waals surface area contributed by atoms with E-state index in [0.717, 1.165) is 6.42 Å². The molecule has 1 rings (SSSR count). The maximum absolute atomic E-state index is 12.9. The first-order valence-corrected chi connectivity index (χ1v) is 8.43. The van der Waals surface area contributed by atoms with Crippen LogP contribution in [0.5, 0.6) is 0 Å². The van der Waals surface area contributed by atoms with Crippen molar-refractivity contribution in [2.24, 2.45) is 5.92 Å². The van der Waals surface area contributed by atoms with Crippen molar-refractivity contribution in [1.82, 2.24) is 10.2 Å². The van der Waals surface area contributed by atoms with Gasteiger partial charge in [-0.1, -0.05) is 13.8 Å². The molecular weight excluding hydrogens is 312 g/mol. The molecule has 0 bridgehead atoms. The van der Waals surface area contributed by atoms with Gasteiger partial charge in [-0.25, -0.2) is 9.59 Å². The maximum atomic E-state index is 12.9. The highest BCUT2D eigenvalue weighted by atomic mass is 16.6. The number of carbonyl (C=O) groups is 3. The van der Waals surface area contributed by atoms with Gasteiger partial charge >= 0.3 is 12.1 Å². The fraction of sp³-hybridized carbons (Fsp3) is 0.824. The van der Waals surface area contributed by atoms with Gasteiger partial charge in [-0.15, -0.1) is 0 Å². The molecule has 24 heavy (non-hydrogen) atoms. The molecule has 2 amide bonds. The second kappa shape index (κ2) is 8.35. The standard InChI is InChI=1S/C17H30N2O5/c1-11(2)10-12(18-16(22)24-17(3,4)5)14(20)19-9-7-8-13(19)15(21)23-6/h11-13H,7-10H2,1-6H3,(H,18,22)/t12-,13-/m0/s1. The molecule has 1 aliphatic heterocycles. The van der Waals surface area contributed by atoms with Crippen LogP contribution in [-0.2, 0) is 19.1 Å². The van der Waals surface area contributed by atoms with E-state index in [-0.39, 0.29) is 11.8 Å². The van der Waals surface area contributed by atoms with Crippen molar-refractivity contribution in [3.05, 3.63) is 0 Å². The third-order valence-corrected chi connectivity index (χ3v) is 3.71. The zero-order valence-electron chi connectivity index (χ0n) is 15.5. The van der Waals surface area contributed by atoms with E-state index in [1.54, 1.807) is 20.8 Å². The molecule has 0 aliphatic carbocycles. The summed E-state index contributed by atoms with van der Waals surface area (Å²) >= 11 is 0. The lowest BCUT2D eigenvalue weighted by Gasteiger charge is -2.29. The van der Waals surface area contributed by atoms with Crippen LogP contribution in [0.25, 0.3) is 0 Å². The van der Waals surface area contributed by atoms with Gasteiger partial charge in [0.05, 0.1) is 7.11 Å². The number of ether oxygens (including phenoxy) is 2. The molecule has 1 N–H and O–H groups in total. The Hall–Kier alpha value is -1.79. The predicted octanol–water partition coefficient (Wildman–Crippen LogP) is 2.09. The molecule has 0 radical (unpaired) electrons. The van der Waals surface area contributed by atoms with Gasteiger partial charge < -0.3 is 19.7 Å². The third-order valence-electron chi connectivity index (χ3n) is 3.71. The monoisotopic (exact) mass is 342 g/mol. The van der Waals surface area contributed by atoms with Crippen molar-refractivity contribution < 1.29 is 23.9 Å². The molecule has 7 nitrogen and oxygen atoms in total. The predicted molar refractivity (Wildman–Crippen MR) is 89.4 cm³/mol. The Kier molecular flexibility index (Phi) is 7.05. The highest BCUT2D eigenvalue weighted by Crippen LogP contribution is 2.21. The molecule has 138 valence electrons. The van der Waals surface area contributed by atoms with Crippen LogP contribution >= 0.6 is 0 Å². The van der Waals surface area contributed by atoms with Gasteiger partial charge in [0, 0.05) is 6.54 Å². The number of esters is 1. The fourth-order valence-corrected chi connectivity index (χ4v) is 2.75. The Bertz CT molecular complexity index is 470. The van der Waals surface area contributed by atoms with Gasteiger partial charge in [-0.3, -0.25) is 4.79 Å². The smallest absolute Gasteiger partial charge is 0.408 e. The van der Waals surface area contributed by atoms with Gasteiger partial charge in [0.25, 0.3) is 0 Å². The minimum absolute atomic E-state index is 0.202. The van der Waals surface area contributed by atoms with E-state index in [1.807, 2.05) is 13.8 Å². The van der Waals surface area contributed by atoms with Crippen LogP contribution < -0.4 is 5.32 Å². The van der Waals surface area contributed by atoms with E-state index in [9.17, 15) is 14.4 Å². The van der Waals surface area contributed by atoms with Crippen LogP contribution in [0.2, 0.25) is 0 Å². The molecule has 0 aromatic heterocycles. The largest absolute Gasteiger partial charge is 0.467 e. The summed E-state index contributed by atoms with van der Waals surface area (Å²) < 4.78 is 10.0. The second-order valence-electron chi connectivity index (χ2n) is 7.54. The summed E-state index contributed by atoms with van der Waals surface area (Å²) in [5.41, 5.74) is -0.641. The molecule has 0 aromatic rings. The first-order chi connectivity index (χ1) is 11.0. The molecule has 1 aliphatic rings. The van der Waals surface area contributed by atoms with Gasteiger partial charge in [0.15, 0.2) is 0 Å². The summed E-state index contributed by atoms with van der Waals surface area (Å²) in [6.07, 6.45) is 1.17. The molecule has 0 saturated carbocycles. The highest BCUT2D eigenvalue weighted by Gasteiger charge is 2.38. The summed E-state index contributed by atoms with van der Waals surface area (Å²) in [5, 5.41) is 2.65. The van der Waals surface area contributed by atoms with Gasteiger partial charge in [-0.05, 0) is 46.0 Å². The molecule has 0 aromatic carbocycles. The van der Waals surface area contributed by atoms with Crippen molar-refractivity contribution in [2.75, 3.05) is 13.7 Å². The number of rotatable bonds is 5. The number of nitrogens with one attached hydrogen (secondary N) is 1. The quantitative estimate of drug-likeness (QED) is 0.773. The highest BCUT2D eigenvalue weighted by molar-refractivity contribution is 5.90. The van der Waals surface area contributed by atoms with Gasteiger partial charge in [0.2, 0.25) is 5.91 Å². The Morgan fingerprint density at radius 3 is 2.38 bits per heavy atom. The van der Waals surface area contributed by atoms with Gasteiger partial charge in [-0.2, -0.15) is 0 Å². The van der Waals surface area contributed by atoms with E-state index >= 15 is 0 Å². The van der Waals surface area contributed by atoms with E-state index in [2.05, 4.69) is 5.32 Å². The minimum atomic E-state index is -0.717. The van der Waals surface area contributed by atoms with Gasteiger partial charge in [0.1, 0.15) is 17.7 Å². The molecule has 1 fully saturated rings. The number of hydrogen-bond acceptors (Lipinski definition) is 5. The van der Waals surface area contributed by atoms with Crippen molar-refractivity contribution >= 4 is 18.0 Å². The Balaban J connectivity index is 2.84. The first-order valence-electron chi connectivity index (χ1n) is 8.43. The minimum Gasteiger partial charge on any atom is -0.467 e. The van der Waals surface area contributed by atoms with Crippen LogP contribution in [0.3, 0.4) is 0 Å². The van der Waals surface area contributed by atoms with Crippen LogP contribution in [0.15, 0.2) is 0 Å². The molecule has 0 unspecified atom stereocenters. The number of alkyl carbamates (subject to hydrolysis) is 1. The van der Waals surface area contributed by atoms with Crippen molar-refractivity contribution in [3.63, 3.8) is 0 Å². The third kappa shape index (κ3) is 6.02. The van der Waals surface area contributed by atoms with Crippen molar-refractivity contribution in [3.8, 4) is 0 Å². The topological polar surface area (TPSA) is 84.9 Å². The number of likely N-dealkylation sites (tertiary alicyclic amines) is 1. The molecule has 7 heteroatoms. The Morgan fingerprint density at radius 2 is 1.88 bits per heavy atom. The fourth-order valence-electron chi connectivity index (χ4n) is 2.75. The lowest BCUT2D eigenvalue weighted by Crippen LogP contribution is -2.53. The summed E-state index contributed by atoms with van der Waals surface area (Å²) in [6.45, 7) is 9.72. The molecule has 0 spiro atoms. The number of nitrogens with zero attached hydrogens (tertiary/aromatic N) is 1. The lowest BCUT2D eigenvalue weighted by molar-refractivity contribution is -0.151. The molecule has 1 saturated heterocycles. The average molecular weight is 342 g/mol.